The minimum Gasteiger partial charge on any atom is -0.462 e. The lowest BCUT2D eigenvalue weighted by Gasteiger charge is -2.30. The van der Waals surface area contributed by atoms with Gasteiger partial charge in [0.25, 0.3) is 5.91 Å². The van der Waals surface area contributed by atoms with E-state index in [4.69, 9.17) is 9.47 Å². The summed E-state index contributed by atoms with van der Waals surface area (Å²) in [4.78, 5) is 57.6. The van der Waals surface area contributed by atoms with Crippen LogP contribution in [-0.4, -0.2) is 99.5 Å². The molecule has 47 heavy (non-hydrogen) atoms. The van der Waals surface area contributed by atoms with Gasteiger partial charge in [0.15, 0.2) is 0 Å². The van der Waals surface area contributed by atoms with Crippen LogP contribution >= 0.6 is 0 Å². The molecule has 1 aromatic rings. The summed E-state index contributed by atoms with van der Waals surface area (Å²) in [6, 6.07) is -2.52. The number of hydrogen-bond donors (Lipinski definition) is 3. The maximum Gasteiger partial charge on any atom is 0.408 e. The van der Waals surface area contributed by atoms with Crippen molar-refractivity contribution in [2.45, 2.75) is 125 Å². The van der Waals surface area contributed by atoms with Gasteiger partial charge in [0.1, 0.15) is 23.7 Å². The van der Waals surface area contributed by atoms with E-state index in [0.29, 0.717) is 38.7 Å². The van der Waals surface area contributed by atoms with Crippen molar-refractivity contribution in [3.05, 3.63) is 12.2 Å². The fourth-order valence-electron chi connectivity index (χ4n) is 6.83. The van der Waals surface area contributed by atoms with Crippen molar-refractivity contribution < 1.29 is 37.1 Å². The number of amides is 4. The number of carbonyl (C=O) groups is 4. The average Bonchev–Trinajstić information content (AvgIpc) is 3.79. The smallest absolute Gasteiger partial charge is 0.408 e. The lowest BCUT2D eigenvalue weighted by molar-refractivity contribution is -0.141. The predicted molar refractivity (Wildman–Crippen MR) is 165 cm³/mol. The molecule has 3 heterocycles. The number of hydrogen-bond acceptors (Lipinski definition) is 11. The van der Waals surface area contributed by atoms with Gasteiger partial charge >= 0.3 is 12.1 Å². The molecule has 17 heteroatoms. The molecule has 4 fully saturated rings. The maximum atomic E-state index is 14.3. The molecule has 6 rings (SSSR count). The number of aromatic nitrogens is 4. The van der Waals surface area contributed by atoms with Crippen LogP contribution in [0.4, 0.5) is 4.79 Å². The number of fused-ring (bicyclic) bond motifs is 2. The van der Waals surface area contributed by atoms with Crippen molar-refractivity contribution in [1.82, 2.24) is 40.5 Å². The van der Waals surface area contributed by atoms with Gasteiger partial charge in [0.2, 0.25) is 21.8 Å². The van der Waals surface area contributed by atoms with E-state index in [1.54, 1.807) is 6.92 Å². The van der Waals surface area contributed by atoms with Crippen molar-refractivity contribution >= 4 is 33.8 Å². The number of alkyl carbamates (subject to hydrolysis) is 1. The highest BCUT2D eigenvalue weighted by Gasteiger charge is 2.62. The summed E-state index contributed by atoms with van der Waals surface area (Å²) in [5.74, 6) is -2.25. The van der Waals surface area contributed by atoms with Crippen LogP contribution in [0.2, 0.25) is 0 Å². The summed E-state index contributed by atoms with van der Waals surface area (Å²) in [6.45, 7) is 2.14. The second kappa shape index (κ2) is 13.8. The Morgan fingerprint density at radius 1 is 1.09 bits per heavy atom. The number of nitrogens with zero attached hydrogens (tertiary/aromatic N) is 5. The first-order valence-electron chi connectivity index (χ1n) is 16.8. The van der Waals surface area contributed by atoms with Crippen LogP contribution in [0.1, 0.15) is 96.4 Å². The molecule has 0 aromatic carbocycles. The van der Waals surface area contributed by atoms with Crippen LogP contribution in [0.15, 0.2) is 12.2 Å². The van der Waals surface area contributed by atoms with Gasteiger partial charge < -0.3 is 25.0 Å². The standard InChI is InChI=1S/C30H44N8O8S/c1-2-45-28-33-36-38(34-28)20-16-24-25(39)32-30(27(41)35-47(43,44)22-14-15-22)17-19(30)10-6-4-3-5-7-13-23(26(40)37(24)18-20)31-29(42)46-21-11-8-9-12-21/h6,10,19-24H,2-5,7-9,11-18H2,1H3,(H,31,42)(H,32,39)(H,35,41)/b10-6+/t19?,20-,23+,24+,30-/m1/s1. The molecule has 3 N–H and O–H groups in total. The van der Waals surface area contributed by atoms with Crippen LogP contribution in [0, 0.1) is 5.92 Å². The van der Waals surface area contributed by atoms with Crippen LogP contribution in [0.5, 0.6) is 6.01 Å². The Bertz CT molecular complexity index is 1490. The molecule has 258 valence electrons. The summed E-state index contributed by atoms with van der Waals surface area (Å²) in [5.41, 5.74) is -1.47. The maximum absolute atomic E-state index is 14.3. The highest BCUT2D eigenvalue weighted by Crippen LogP contribution is 2.46. The van der Waals surface area contributed by atoms with Crippen molar-refractivity contribution in [1.29, 1.82) is 0 Å². The average molecular weight is 677 g/mol. The Labute approximate surface area is 273 Å². The fourth-order valence-corrected chi connectivity index (χ4v) is 8.20. The number of sulfonamides is 1. The van der Waals surface area contributed by atoms with E-state index < -0.39 is 68.7 Å². The van der Waals surface area contributed by atoms with Crippen LogP contribution < -0.4 is 20.1 Å². The van der Waals surface area contributed by atoms with Crippen molar-refractivity contribution in [2.24, 2.45) is 5.92 Å². The van der Waals surface area contributed by atoms with E-state index in [9.17, 15) is 27.6 Å². The van der Waals surface area contributed by atoms with Crippen LogP contribution in [0.3, 0.4) is 0 Å². The topological polar surface area (TPSA) is 204 Å². The molecular weight excluding hydrogens is 632 g/mol. The number of carbonyl (C=O) groups excluding carboxylic acids is 4. The van der Waals surface area contributed by atoms with Gasteiger partial charge in [-0.3, -0.25) is 19.1 Å². The molecular formula is C30H44N8O8S. The third kappa shape index (κ3) is 7.54. The van der Waals surface area contributed by atoms with E-state index in [-0.39, 0.29) is 31.5 Å². The number of rotatable bonds is 8. The Balaban J connectivity index is 1.27. The molecule has 5 atom stereocenters. The third-order valence-corrected chi connectivity index (χ3v) is 11.6. The zero-order valence-electron chi connectivity index (χ0n) is 26.6. The minimum atomic E-state index is -3.86. The molecule has 1 unspecified atom stereocenters. The molecule has 0 bridgehead atoms. The van der Waals surface area contributed by atoms with Gasteiger partial charge in [0, 0.05) is 18.9 Å². The Morgan fingerprint density at radius 3 is 2.60 bits per heavy atom. The first kappa shape index (κ1) is 33.2. The number of allylic oxidation sites excluding steroid dienone is 1. The van der Waals surface area contributed by atoms with Crippen molar-refractivity contribution in [2.75, 3.05) is 13.2 Å². The minimum absolute atomic E-state index is 0.0350. The van der Waals surface area contributed by atoms with Gasteiger partial charge in [-0.2, -0.15) is 4.80 Å². The summed E-state index contributed by atoms with van der Waals surface area (Å²) >= 11 is 0. The largest absolute Gasteiger partial charge is 0.462 e. The third-order valence-electron chi connectivity index (χ3n) is 9.74. The van der Waals surface area contributed by atoms with E-state index >= 15 is 0 Å². The molecule has 5 aliphatic rings. The van der Waals surface area contributed by atoms with Gasteiger partial charge in [-0.05, 0) is 76.3 Å². The zero-order valence-corrected chi connectivity index (χ0v) is 27.5. The lowest BCUT2D eigenvalue weighted by Crippen LogP contribution is -2.58. The first-order valence-corrected chi connectivity index (χ1v) is 18.4. The van der Waals surface area contributed by atoms with Gasteiger partial charge in [0.05, 0.1) is 17.9 Å². The molecule has 2 aliphatic heterocycles. The second-order valence-electron chi connectivity index (χ2n) is 13.2. The highest BCUT2D eigenvalue weighted by molar-refractivity contribution is 7.91. The normalized spacial score (nSPS) is 31.0. The number of tetrazole rings is 1. The molecule has 1 saturated heterocycles. The predicted octanol–water partition coefficient (Wildman–Crippen LogP) is 1.25. The zero-order chi connectivity index (χ0) is 33.2. The summed E-state index contributed by atoms with van der Waals surface area (Å²) < 4.78 is 38.6. The van der Waals surface area contributed by atoms with Gasteiger partial charge in [-0.15, -0.1) is 0 Å². The highest BCUT2D eigenvalue weighted by atomic mass is 32.2. The quantitative estimate of drug-likeness (QED) is 0.334. The molecule has 1 aromatic heterocycles. The fraction of sp³-hybridized carbons (Fsp3) is 0.767. The van der Waals surface area contributed by atoms with Gasteiger partial charge in [-0.1, -0.05) is 35.2 Å². The van der Waals surface area contributed by atoms with E-state index in [2.05, 4.69) is 30.8 Å². The number of ether oxygens (including phenoxy) is 2. The Hall–Kier alpha value is -3.76. The molecule has 3 saturated carbocycles. The first-order chi connectivity index (χ1) is 22.6. The Kier molecular flexibility index (Phi) is 9.71. The summed E-state index contributed by atoms with van der Waals surface area (Å²) in [7, 11) is -3.86. The van der Waals surface area contributed by atoms with E-state index in [1.807, 2.05) is 12.2 Å². The van der Waals surface area contributed by atoms with E-state index in [0.717, 1.165) is 38.5 Å². The second-order valence-corrected chi connectivity index (χ2v) is 15.2. The monoisotopic (exact) mass is 676 g/mol. The SMILES string of the molecule is CCOc1nnn([C@@H]2C[C@H]3C(=O)N[C@]4(C(=O)NS(=O)(=O)C5CC5)CC4/C=C/CCCCC[C@H](NC(=O)OC4CCCC4)C(=O)N3C2)n1. The molecule has 4 amide bonds. The lowest BCUT2D eigenvalue weighted by atomic mass is 10.0. The number of nitrogens with one attached hydrogen (secondary N) is 3. The Morgan fingerprint density at radius 2 is 1.85 bits per heavy atom. The molecule has 0 radical (unpaired) electrons. The molecule has 16 nitrogen and oxygen atoms in total. The van der Waals surface area contributed by atoms with Crippen LogP contribution in [-0.2, 0) is 29.1 Å². The van der Waals surface area contributed by atoms with Crippen molar-refractivity contribution in [3.63, 3.8) is 0 Å². The van der Waals surface area contributed by atoms with E-state index in [1.165, 1.54) is 9.70 Å². The molecule has 0 spiro atoms. The molecule has 3 aliphatic carbocycles. The van der Waals surface area contributed by atoms with Crippen LogP contribution in [0.25, 0.3) is 0 Å². The summed E-state index contributed by atoms with van der Waals surface area (Å²) in [5, 5.41) is 17.3. The van der Waals surface area contributed by atoms with Gasteiger partial charge in [-0.25, -0.2) is 13.2 Å². The summed E-state index contributed by atoms with van der Waals surface area (Å²) in [6.07, 6.45) is 11.1. The van der Waals surface area contributed by atoms with Crippen molar-refractivity contribution in [3.8, 4) is 6.01 Å².